The van der Waals surface area contributed by atoms with Crippen molar-refractivity contribution in [3.05, 3.63) is 65.2 Å². The Kier molecular flexibility index (Phi) is 3.45. The summed E-state index contributed by atoms with van der Waals surface area (Å²) in [4.78, 5) is 15.7. The third kappa shape index (κ3) is 2.66. The van der Waals surface area contributed by atoms with E-state index in [1.54, 1.807) is 6.20 Å². The third-order valence-electron chi connectivity index (χ3n) is 4.28. The first-order chi connectivity index (χ1) is 10.1. The van der Waals surface area contributed by atoms with E-state index >= 15 is 0 Å². The fourth-order valence-electron chi connectivity index (χ4n) is 3.15. The molecule has 1 unspecified atom stereocenters. The lowest BCUT2D eigenvalue weighted by Gasteiger charge is -2.34. The van der Waals surface area contributed by atoms with Crippen molar-refractivity contribution in [1.29, 1.82) is 0 Å². The van der Waals surface area contributed by atoms with E-state index in [0.29, 0.717) is 24.8 Å². The predicted octanol–water partition coefficient (Wildman–Crippen LogP) is 3.02. The van der Waals surface area contributed by atoms with Gasteiger partial charge in [-0.25, -0.2) is 4.39 Å². The molecular formula is C17H16FNO2. The number of halogens is 1. The van der Waals surface area contributed by atoms with Crippen molar-refractivity contribution >= 4 is 5.97 Å². The number of carboxylic acid groups (broad SMARTS) is 1. The molecule has 4 heteroatoms. The summed E-state index contributed by atoms with van der Waals surface area (Å²) in [5, 5.41) is 9.73. The highest BCUT2D eigenvalue weighted by molar-refractivity contribution is 5.76. The second-order valence-electron chi connectivity index (χ2n) is 5.72. The van der Waals surface area contributed by atoms with Gasteiger partial charge in [-0.2, -0.15) is 0 Å². The van der Waals surface area contributed by atoms with Crippen LogP contribution in [0.2, 0.25) is 0 Å². The molecule has 0 radical (unpaired) electrons. The summed E-state index contributed by atoms with van der Waals surface area (Å²) in [5.41, 5.74) is 2.06. The molecule has 0 fully saturated rings. The van der Waals surface area contributed by atoms with Crippen molar-refractivity contribution in [2.45, 2.75) is 25.7 Å². The maximum atomic E-state index is 13.3. The van der Waals surface area contributed by atoms with Gasteiger partial charge in [0.2, 0.25) is 0 Å². The van der Waals surface area contributed by atoms with Crippen LogP contribution in [-0.4, -0.2) is 16.1 Å². The highest BCUT2D eigenvalue weighted by Gasteiger charge is 2.41. The molecule has 1 aliphatic carbocycles. The number of aliphatic carboxylic acids is 1. The second-order valence-corrected chi connectivity index (χ2v) is 5.72. The Morgan fingerprint density at radius 1 is 1.29 bits per heavy atom. The maximum Gasteiger partial charge on any atom is 0.310 e. The Labute approximate surface area is 122 Å². The Bertz CT molecular complexity index is 686. The van der Waals surface area contributed by atoms with Crippen LogP contribution in [0.4, 0.5) is 4.39 Å². The minimum absolute atomic E-state index is 0.307. The average molecular weight is 285 g/mol. The van der Waals surface area contributed by atoms with E-state index in [9.17, 15) is 14.3 Å². The molecule has 3 rings (SSSR count). The van der Waals surface area contributed by atoms with Crippen LogP contribution in [0.1, 0.15) is 23.1 Å². The molecule has 0 spiro atoms. The van der Waals surface area contributed by atoms with Gasteiger partial charge in [-0.3, -0.25) is 9.78 Å². The number of carboxylic acids is 1. The zero-order chi connectivity index (χ0) is 14.9. The van der Waals surface area contributed by atoms with Crippen LogP contribution in [0.5, 0.6) is 0 Å². The van der Waals surface area contributed by atoms with Gasteiger partial charge < -0.3 is 5.11 Å². The second kappa shape index (κ2) is 5.28. The normalized spacial score (nSPS) is 20.8. The molecule has 1 atom stereocenters. The Balaban J connectivity index is 1.93. The molecule has 1 aliphatic rings. The summed E-state index contributed by atoms with van der Waals surface area (Å²) in [6.45, 7) is 0. The molecule has 0 saturated carbocycles. The number of carbonyl (C=O) groups is 1. The number of fused-ring (bicyclic) bond motifs is 1. The Morgan fingerprint density at radius 2 is 2.05 bits per heavy atom. The molecule has 0 saturated heterocycles. The molecule has 3 nitrogen and oxygen atoms in total. The minimum Gasteiger partial charge on any atom is -0.481 e. The van der Waals surface area contributed by atoms with Crippen molar-refractivity contribution in [1.82, 2.24) is 4.98 Å². The van der Waals surface area contributed by atoms with Gasteiger partial charge in [0.25, 0.3) is 0 Å². The summed E-state index contributed by atoms with van der Waals surface area (Å²) < 4.78 is 13.3. The number of hydrogen-bond donors (Lipinski definition) is 1. The van der Waals surface area contributed by atoms with Crippen molar-refractivity contribution in [2.75, 3.05) is 0 Å². The van der Waals surface area contributed by atoms with Crippen LogP contribution >= 0.6 is 0 Å². The number of rotatable bonds is 3. The minimum atomic E-state index is -0.871. The zero-order valence-corrected chi connectivity index (χ0v) is 11.6. The van der Waals surface area contributed by atoms with Crippen LogP contribution in [0, 0.1) is 11.2 Å². The molecule has 1 heterocycles. The van der Waals surface area contributed by atoms with Gasteiger partial charge in [-0.05, 0) is 48.4 Å². The molecule has 0 amide bonds. The first-order valence-electron chi connectivity index (χ1n) is 6.99. The van der Waals surface area contributed by atoms with Crippen LogP contribution in [0.15, 0.2) is 42.7 Å². The van der Waals surface area contributed by atoms with Crippen molar-refractivity contribution in [3.63, 3.8) is 0 Å². The van der Waals surface area contributed by atoms with E-state index < -0.39 is 17.2 Å². The molecule has 2 aromatic rings. The smallest absolute Gasteiger partial charge is 0.310 e. The lowest BCUT2D eigenvalue weighted by Crippen LogP contribution is -2.39. The SMILES string of the molecule is O=C(O)C1(Cc2cncc(F)c2)CCc2ccccc2C1. The van der Waals surface area contributed by atoms with E-state index in [4.69, 9.17) is 0 Å². The number of hydrogen-bond acceptors (Lipinski definition) is 2. The third-order valence-corrected chi connectivity index (χ3v) is 4.28. The summed E-state index contributed by atoms with van der Waals surface area (Å²) in [7, 11) is 0. The highest BCUT2D eigenvalue weighted by atomic mass is 19.1. The summed E-state index contributed by atoms with van der Waals surface area (Å²) in [5.74, 6) is -1.24. The van der Waals surface area contributed by atoms with E-state index in [1.807, 2.05) is 24.3 Å². The Hall–Kier alpha value is -2.23. The summed E-state index contributed by atoms with van der Waals surface area (Å²) in [6.07, 6.45) is 4.78. The molecule has 1 aromatic heterocycles. The number of aromatic nitrogens is 1. The van der Waals surface area contributed by atoms with E-state index in [1.165, 1.54) is 11.6 Å². The van der Waals surface area contributed by atoms with Gasteiger partial charge in [0.15, 0.2) is 0 Å². The topological polar surface area (TPSA) is 50.2 Å². The van der Waals surface area contributed by atoms with Crippen molar-refractivity contribution < 1.29 is 14.3 Å². The van der Waals surface area contributed by atoms with E-state index in [2.05, 4.69) is 4.98 Å². The first kappa shape index (κ1) is 13.7. The van der Waals surface area contributed by atoms with Gasteiger partial charge in [0.05, 0.1) is 11.6 Å². The quantitative estimate of drug-likeness (QED) is 0.943. The average Bonchev–Trinajstić information content (AvgIpc) is 2.47. The fraction of sp³-hybridized carbons (Fsp3) is 0.294. The van der Waals surface area contributed by atoms with Gasteiger partial charge in [-0.15, -0.1) is 0 Å². The maximum absolute atomic E-state index is 13.3. The van der Waals surface area contributed by atoms with Crippen LogP contribution in [0.3, 0.4) is 0 Å². The summed E-state index contributed by atoms with van der Waals surface area (Å²) in [6, 6.07) is 9.31. The highest BCUT2D eigenvalue weighted by Crippen LogP contribution is 2.38. The molecule has 1 aromatic carbocycles. The molecule has 108 valence electrons. The monoisotopic (exact) mass is 285 g/mol. The van der Waals surface area contributed by atoms with Crippen LogP contribution < -0.4 is 0 Å². The zero-order valence-electron chi connectivity index (χ0n) is 11.6. The molecule has 1 N–H and O–H groups in total. The van der Waals surface area contributed by atoms with E-state index in [-0.39, 0.29) is 0 Å². The Morgan fingerprint density at radius 3 is 2.76 bits per heavy atom. The number of nitrogens with zero attached hydrogens (tertiary/aromatic N) is 1. The number of benzene rings is 1. The number of aryl methyl sites for hydroxylation is 1. The van der Waals surface area contributed by atoms with Gasteiger partial charge in [0, 0.05) is 6.20 Å². The lowest BCUT2D eigenvalue weighted by atomic mass is 9.68. The van der Waals surface area contributed by atoms with Crippen molar-refractivity contribution in [2.24, 2.45) is 5.41 Å². The molecular weight excluding hydrogens is 269 g/mol. The molecule has 21 heavy (non-hydrogen) atoms. The van der Waals surface area contributed by atoms with Gasteiger partial charge in [-0.1, -0.05) is 24.3 Å². The standard InChI is InChI=1S/C17H16FNO2/c18-15-7-12(10-19-11-15)8-17(16(20)21)6-5-13-3-1-2-4-14(13)9-17/h1-4,7,10-11H,5-6,8-9H2,(H,20,21). The largest absolute Gasteiger partial charge is 0.481 e. The molecule has 0 bridgehead atoms. The van der Waals surface area contributed by atoms with Gasteiger partial charge in [0.1, 0.15) is 5.82 Å². The fourth-order valence-corrected chi connectivity index (χ4v) is 3.15. The van der Waals surface area contributed by atoms with Crippen LogP contribution in [0.25, 0.3) is 0 Å². The molecule has 0 aliphatic heterocycles. The first-order valence-corrected chi connectivity index (χ1v) is 6.99. The number of pyridine rings is 1. The van der Waals surface area contributed by atoms with E-state index in [0.717, 1.165) is 18.2 Å². The van der Waals surface area contributed by atoms with Crippen LogP contribution in [-0.2, 0) is 24.1 Å². The van der Waals surface area contributed by atoms with Gasteiger partial charge >= 0.3 is 5.97 Å². The summed E-state index contributed by atoms with van der Waals surface area (Å²) >= 11 is 0. The lowest BCUT2D eigenvalue weighted by molar-refractivity contribution is -0.149. The van der Waals surface area contributed by atoms with Crippen molar-refractivity contribution in [3.8, 4) is 0 Å². The predicted molar refractivity (Wildman–Crippen MR) is 76.4 cm³/mol.